The molecule has 19 heavy (non-hydrogen) atoms. The van der Waals surface area contributed by atoms with E-state index < -0.39 is 0 Å². The highest BCUT2D eigenvalue weighted by atomic mass is 16.1. The lowest BCUT2D eigenvalue weighted by atomic mass is 10.1. The van der Waals surface area contributed by atoms with Crippen molar-refractivity contribution in [3.63, 3.8) is 0 Å². The van der Waals surface area contributed by atoms with E-state index in [1.807, 2.05) is 18.5 Å². The molecule has 3 nitrogen and oxygen atoms in total. The molecule has 0 unspecified atom stereocenters. The van der Waals surface area contributed by atoms with E-state index >= 15 is 0 Å². The number of fused-ring (bicyclic) bond motifs is 1. The third-order valence-electron chi connectivity index (χ3n) is 3.34. The summed E-state index contributed by atoms with van der Waals surface area (Å²) in [6.07, 6.45) is 5.94. The number of aromatic nitrogens is 2. The smallest absolute Gasteiger partial charge is 0.193 e. The van der Waals surface area contributed by atoms with E-state index in [4.69, 9.17) is 0 Å². The van der Waals surface area contributed by atoms with Gasteiger partial charge in [-0.05, 0) is 20.8 Å². The minimum absolute atomic E-state index is 0.00277. The Morgan fingerprint density at radius 3 is 2.21 bits per heavy atom. The summed E-state index contributed by atoms with van der Waals surface area (Å²) in [5, 5.41) is 0.776. The van der Waals surface area contributed by atoms with Crippen molar-refractivity contribution < 1.29 is 4.57 Å². The van der Waals surface area contributed by atoms with Crippen molar-refractivity contribution in [2.45, 2.75) is 52.6 Å². The molecule has 2 heterocycles. The van der Waals surface area contributed by atoms with E-state index in [0.29, 0.717) is 0 Å². The molecule has 0 radical (unpaired) electrons. The van der Waals surface area contributed by atoms with Crippen LogP contribution in [0.5, 0.6) is 0 Å². The lowest BCUT2D eigenvalue weighted by Crippen LogP contribution is -2.49. The van der Waals surface area contributed by atoms with Gasteiger partial charge in [-0.3, -0.25) is 4.79 Å². The number of nitrogens with zero attached hydrogens (tertiary/aromatic N) is 2. The Morgan fingerprint density at radius 2 is 1.68 bits per heavy atom. The van der Waals surface area contributed by atoms with Crippen molar-refractivity contribution in [2.75, 3.05) is 0 Å². The van der Waals surface area contributed by atoms with Crippen LogP contribution in [0.3, 0.4) is 0 Å². The SMILES string of the molecule is CC(C)(C)n1ccc(=O)c2cc[n+](C(C)(C)C)cc21. The third-order valence-corrected chi connectivity index (χ3v) is 3.34. The zero-order valence-corrected chi connectivity index (χ0v) is 12.7. The summed E-state index contributed by atoms with van der Waals surface area (Å²) >= 11 is 0. The summed E-state index contributed by atoms with van der Waals surface area (Å²) in [7, 11) is 0. The quantitative estimate of drug-likeness (QED) is 0.668. The Morgan fingerprint density at radius 1 is 1.05 bits per heavy atom. The summed E-state index contributed by atoms with van der Waals surface area (Å²) < 4.78 is 4.31. The van der Waals surface area contributed by atoms with Crippen LogP contribution in [0.1, 0.15) is 41.5 Å². The Hall–Kier alpha value is -1.64. The molecule has 2 rings (SSSR count). The van der Waals surface area contributed by atoms with Crippen molar-refractivity contribution in [2.24, 2.45) is 0 Å². The van der Waals surface area contributed by atoms with E-state index in [2.05, 4.69) is 56.9 Å². The van der Waals surface area contributed by atoms with Gasteiger partial charge in [0.1, 0.15) is 5.52 Å². The van der Waals surface area contributed by atoms with E-state index in [-0.39, 0.29) is 16.5 Å². The monoisotopic (exact) mass is 259 g/mol. The highest BCUT2D eigenvalue weighted by Crippen LogP contribution is 2.19. The zero-order chi connectivity index (χ0) is 14.4. The Kier molecular flexibility index (Phi) is 3.04. The first-order valence-electron chi connectivity index (χ1n) is 6.68. The van der Waals surface area contributed by atoms with Gasteiger partial charge in [0.2, 0.25) is 0 Å². The topological polar surface area (TPSA) is 25.9 Å². The van der Waals surface area contributed by atoms with Crippen LogP contribution < -0.4 is 10.00 Å². The molecule has 0 atom stereocenters. The number of rotatable bonds is 0. The normalized spacial score (nSPS) is 12.9. The van der Waals surface area contributed by atoms with Gasteiger partial charge in [0.25, 0.3) is 0 Å². The minimum atomic E-state index is -0.0526. The van der Waals surface area contributed by atoms with Crippen LogP contribution in [-0.2, 0) is 11.1 Å². The second-order valence-electron chi connectivity index (χ2n) is 7.04. The molecule has 0 aliphatic rings. The summed E-state index contributed by atoms with van der Waals surface area (Å²) in [6, 6.07) is 3.57. The maximum absolute atomic E-state index is 12.0. The summed E-state index contributed by atoms with van der Waals surface area (Å²) in [4.78, 5) is 12.0. The molecule has 0 aromatic carbocycles. The average molecular weight is 259 g/mol. The highest BCUT2D eigenvalue weighted by molar-refractivity contribution is 5.77. The Bertz CT molecular complexity index is 670. The van der Waals surface area contributed by atoms with Gasteiger partial charge in [0, 0.05) is 44.6 Å². The Labute approximate surface area is 114 Å². The van der Waals surface area contributed by atoms with Crippen molar-refractivity contribution in [3.8, 4) is 0 Å². The number of hydrogen-bond donors (Lipinski definition) is 0. The van der Waals surface area contributed by atoms with Gasteiger partial charge in [0.05, 0.1) is 5.39 Å². The summed E-state index contributed by atoms with van der Waals surface area (Å²) in [6.45, 7) is 12.9. The largest absolute Gasteiger partial charge is 0.337 e. The van der Waals surface area contributed by atoms with E-state index in [1.165, 1.54) is 0 Å². The molecule has 0 saturated heterocycles. The molecule has 0 spiro atoms. The molecular weight excluding hydrogens is 236 g/mol. The zero-order valence-electron chi connectivity index (χ0n) is 12.7. The van der Waals surface area contributed by atoms with Gasteiger partial charge in [0.15, 0.2) is 23.4 Å². The molecule has 0 amide bonds. The average Bonchev–Trinajstić information content (AvgIpc) is 2.26. The molecule has 0 aliphatic carbocycles. The van der Waals surface area contributed by atoms with Crippen LogP contribution >= 0.6 is 0 Å². The fraction of sp³-hybridized carbons (Fsp3) is 0.500. The first-order valence-corrected chi connectivity index (χ1v) is 6.68. The molecule has 102 valence electrons. The van der Waals surface area contributed by atoms with Crippen LogP contribution in [0, 0.1) is 0 Å². The van der Waals surface area contributed by atoms with Gasteiger partial charge in [-0.1, -0.05) is 0 Å². The highest BCUT2D eigenvalue weighted by Gasteiger charge is 2.24. The van der Waals surface area contributed by atoms with Gasteiger partial charge in [-0.15, -0.1) is 0 Å². The van der Waals surface area contributed by atoms with Crippen molar-refractivity contribution in [1.29, 1.82) is 0 Å². The second kappa shape index (κ2) is 4.19. The maximum atomic E-state index is 12.0. The van der Waals surface area contributed by atoms with E-state index in [1.54, 1.807) is 6.07 Å². The molecule has 0 saturated carbocycles. The first kappa shape index (κ1) is 13.8. The molecule has 0 bridgehead atoms. The summed E-state index contributed by atoms with van der Waals surface area (Å²) in [5.74, 6) is 0. The molecular formula is C16H23N2O+. The van der Waals surface area contributed by atoms with Crippen LogP contribution in [-0.4, -0.2) is 4.57 Å². The van der Waals surface area contributed by atoms with Crippen LogP contribution in [0.4, 0.5) is 0 Å². The minimum Gasteiger partial charge on any atom is -0.337 e. The number of pyridine rings is 2. The Balaban J connectivity index is 2.86. The summed E-state index contributed by atoms with van der Waals surface area (Å²) in [5.41, 5.74) is 1.01. The van der Waals surface area contributed by atoms with E-state index in [9.17, 15) is 4.79 Å². The van der Waals surface area contributed by atoms with Gasteiger partial charge >= 0.3 is 0 Å². The van der Waals surface area contributed by atoms with Crippen LogP contribution in [0.2, 0.25) is 0 Å². The van der Waals surface area contributed by atoms with Gasteiger partial charge < -0.3 is 4.57 Å². The van der Waals surface area contributed by atoms with Crippen molar-refractivity contribution >= 4 is 10.9 Å². The lowest BCUT2D eigenvalue weighted by Gasteiger charge is -2.25. The first-order chi connectivity index (χ1) is 8.60. The molecule has 0 fully saturated rings. The van der Waals surface area contributed by atoms with E-state index in [0.717, 1.165) is 10.9 Å². The van der Waals surface area contributed by atoms with Crippen molar-refractivity contribution in [3.05, 3.63) is 40.9 Å². The second-order valence-corrected chi connectivity index (χ2v) is 7.04. The standard InChI is InChI=1S/C16H23N2O/c1-15(2,3)17-9-7-12-13(11-17)18(16(4,5)6)10-8-14(12)19/h7-11H,1-6H3/q+1. The lowest BCUT2D eigenvalue weighted by molar-refractivity contribution is -0.753. The molecule has 3 heteroatoms. The molecule has 2 aromatic heterocycles. The third kappa shape index (κ3) is 2.55. The number of hydrogen-bond acceptors (Lipinski definition) is 1. The van der Waals surface area contributed by atoms with Gasteiger partial charge in [-0.2, -0.15) is 4.57 Å². The molecule has 2 aromatic rings. The fourth-order valence-electron chi connectivity index (χ4n) is 2.20. The molecule has 0 aliphatic heterocycles. The predicted molar refractivity (Wildman–Crippen MR) is 78.4 cm³/mol. The predicted octanol–water partition coefficient (Wildman–Crippen LogP) is 2.80. The van der Waals surface area contributed by atoms with Crippen molar-refractivity contribution in [1.82, 2.24) is 4.57 Å². The maximum Gasteiger partial charge on any atom is 0.193 e. The van der Waals surface area contributed by atoms with Gasteiger partial charge in [-0.25, -0.2) is 0 Å². The van der Waals surface area contributed by atoms with Crippen LogP contribution in [0.25, 0.3) is 10.9 Å². The fourth-order valence-corrected chi connectivity index (χ4v) is 2.20. The molecule has 0 N–H and O–H groups in total. The van der Waals surface area contributed by atoms with Crippen LogP contribution in [0.15, 0.2) is 35.5 Å².